The molecule has 0 amide bonds. The van der Waals surface area contributed by atoms with Crippen molar-refractivity contribution in [1.29, 1.82) is 0 Å². The van der Waals surface area contributed by atoms with Gasteiger partial charge in [0.05, 0.1) is 6.17 Å². The summed E-state index contributed by atoms with van der Waals surface area (Å²) in [6, 6.07) is -0.210. The van der Waals surface area contributed by atoms with Gasteiger partial charge in [0.25, 0.3) is 0 Å². The van der Waals surface area contributed by atoms with Crippen molar-refractivity contribution >= 4 is 21.9 Å². The summed E-state index contributed by atoms with van der Waals surface area (Å²) in [6.07, 6.45) is 0.0560. The highest BCUT2D eigenvalue weighted by atomic mass is 79.9. The summed E-state index contributed by atoms with van der Waals surface area (Å²) in [6.45, 7) is 2.04. The van der Waals surface area contributed by atoms with Crippen LogP contribution in [0.1, 0.15) is 6.92 Å². The van der Waals surface area contributed by atoms with Crippen LogP contribution < -0.4 is 16.2 Å². The van der Waals surface area contributed by atoms with E-state index in [1.807, 2.05) is 6.92 Å². The molecular formula is C7H12BrN3O2. The molecule has 4 N–H and O–H groups in total. The van der Waals surface area contributed by atoms with Crippen molar-refractivity contribution in [2.75, 3.05) is 0 Å². The Labute approximate surface area is 84.4 Å². The van der Waals surface area contributed by atoms with E-state index >= 15 is 0 Å². The number of nitrogens with one attached hydrogen (secondary N) is 3. The van der Waals surface area contributed by atoms with E-state index in [4.69, 9.17) is 5.11 Å². The highest BCUT2D eigenvalue weighted by Crippen LogP contribution is 2.31. The van der Waals surface area contributed by atoms with Crippen molar-refractivity contribution in [2.24, 2.45) is 5.92 Å². The van der Waals surface area contributed by atoms with Crippen LogP contribution in [0.4, 0.5) is 0 Å². The summed E-state index contributed by atoms with van der Waals surface area (Å²) in [5, 5.41) is 11.9. The Morgan fingerprint density at radius 3 is 2.69 bits per heavy atom. The molecule has 0 bridgehead atoms. The van der Waals surface area contributed by atoms with Gasteiger partial charge < -0.3 is 5.11 Å². The molecule has 0 aliphatic carbocycles. The van der Waals surface area contributed by atoms with Crippen molar-refractivity contribution in [3.63, 3.8) is 0 Å². The molecule has 0 radical (unpaired) electrons. The first-order valence-electron chi connectivity index (χ1n) is 4.25. The second kappa shape index (κ2) is 3.20. The molecule has 2 aliphatic rings. The van der Waals surface area contributed by atoms with E-state index in [0.29, 0.717) is 0 Å². The highest BCUT2D eigenvalue weighted by Gasteiger charge is 2.50. The minimum atomic E-state index is -0.801. The quantitative estimate of drug-likeness (QED) is 0.461. The third-order valence-electron chi connectivity index (χ3n) is 2.74. The molecule has 0 saturated carbocycles. The zero-order chi connectivity index (χ0) is 9.59. The van der Waals surface area contributed by atoms with Gasteiger partial charge in [-0.15, -0.1) is 0 Å². The van der Waals surface area contributed by atoms with Crippen LogP contribution in [-0.4, -0.2) is 34.2 Å². The Morgan fingerprint density at radius 2 is 2.15 bits per heavy atom. The number of halogens is 1. The number of carboxylic acid groups (broad SMARTS) is 1. The minimum absolute atomic E-state index is 0.0208. The maximum atomic E-state index is 10.8. The predicted molar refractivity (Wildman–Crippen MR) is 50.3 cm³/mol. The van der Waals surface area contributed by atoms with E-state index in [1.54, 1.807) is 0 Å². The summed E-state index contributed by atoms with van der Waals surface area (Å²) in [7, 11) is 0. The van der Waals surface area contributed by atoms with E-state index in [9.17, 15) is 4.79 Å². The monoisotopic (exact) mass is 249 g/mol. The van der Waals surface area contributed by atoms with Crippen LogP contribution in [0.25, 0.3) is 0 Å². The lowest BCUT2D eigenvalue weighted by molar-refractivity contribution is -0.139. The molecule has 0 spiro atoms. The average Bonchev–Trinajstić information content (AvgIpc) is 2.55. The number of hydrazine groups is 1. The normalized spacial score (nSPS) is 49.2. The van der Waals surface area contributed by atoms with Gasteiger partial charge in [0.1, 0.15) is 6.04 Å². The molecule has 2 aliphatic heterocycles. The highest BCUT2D eigenvalue weighted by molar-refractivity contribution is 9.09. The van der Waals surface area contributed by atoms with Crippen LogP contribution in [0.2, 0.25) is 0 Å². The van der Waals surface area contributed by atoms with Crippen molar-refractivity contribution in [3.8, 4) is 0 Å². The molecule has 2 saturated heterocycles. The summed E-state index contributed by atoms with van der Waals surface area (Å²) in [5.74, 6) is -0.522. The largest absolute Gasteiger partial charge is 0.480 e. The maximum absolute atomic E-state index is 10.8. The van der Waals surface area contributed by atoms with Crippen molar-refractivity contribution in [2.45, 2.75) is 30.0 Å². The van der Waals surface area contributed by atoms with Gasteiger partial charge in [-0.2, -0.15) is 0 Å². The van der Waals surface area contributed by atoms with Crippen LogP contribution in [0.15, 0.2) is 0 Å². The van der Waals surface area contributed by atoms with E-state index < -0.39 is 12.0 Å². The number of carboxylic acids is 1. The summed E-state index contributed by atoms with van der Waals surface area (Å²) >= 11 is 3.43. The molecule has 0 aromatic carbocycles. The topological polar surface area (TPSA) is 73.4 Å². The number of carbonyl (C=O) groups is 1. The van der Waals surface area contributed by atoms with Crippen molar-refractivity contribution in [3.05, 3.63) is 0 Å². The molecule has 0 aromatic rings. The van der Waals surface area contributed by atoms with Gasteiger partial charge in [-0.3, -0.25) is 15.5 Å². The van der Waals surface area contributed by atoms with E-state index in [1.165, 1.54) is 0 Å². The third-order valence-corrected chi connectivity index (χ3v) is 3.88. The van der Waals surface area contributed by atoms with Gasteiger partial charge >= 0.3 is 5.97 Å². The van der Waals surface area contributed by atoms with Crippen LogP contribution >= 0.6 is 15.9 Å². The summed E-state index contributed by atoms with van der Waals surface area (Å²) < 4.78 is 0. The molecule has 2 heterocycles. The van der Waals surface area contributed by atoms with Gasteiger partial charge in [0, 0.05) is 16.8 Å². The molecule has 5 nitrogen and oxygen atoms in total. The molecule has 5 unspecified atom stereocenters. The Morgan fingerprint density at radius 1 is 1.46 bits per heavy atom. The number of alkyl halides is 1. The molecule has 74 valence electrons. The second-order valence-corrected chi connectivity index (χ2v) is 4.62. The van der Waals surface area contributed by atoms with E-state index in [0.717, 1.165) is 0 Å². The van der Waals surface area contributed by atoms with Gasteiger partial charge in [-0.25, -0.2) is 5.43 Å². The third kappa shape index (κ3) is 1.38. The Balaban J connectivity index is 2.14. The summed E-state index contributed by atoms with van der Waals surface area (Å²) in [5.41, 5.74) is 6.11. The molecule has 2 fully saturated rings. The van der Waals surface area contributed by atoms with Gasteiger partial charge in [0.2, 0.25) is 0 Å². The second-order valence-electron chi connectivity index (χ2n) is 3.56. The lowest BCUT2D eigenvalue weighted by atomic mass is 9.98. The zero-order valence-electron chi connectivity index (χ0n) is 7.12. The van der Waals surface area contributed by atoms with Gasteiger partial charge in [-0.05, 0) is 6.92 Å². The fourth-order valence-electron chi connectivity index (χ4n) is 2.03. The zero-order valence-corrected chi connectivity index (χ0v) is 8.71. The average molecular weight is 250 g/mol. The first kappa shape index (κ1) is 9.39. The lowest BCUT2D eigenvalue weighted by Crippen LogP contribution is -2.46. The molecule has 2 rings (SSSR count). The number of rotatable bonds is 1. The SMILES string of the molecule is CC1NNC2NC(C(=O)O)C(Br)C12. The molecule has 0 aromatic heterocycles. The van der Waals surface area contributed by atoms with Crippen molar-refractivity contribution < 1.29 is 9.90 Å². The summed E-state index contributed by atoms with van der Waals surface area (Å²) in [4.78, 5) is 10.8. The van der Waals surface area contributed by atoms with E-state index in [2.05, 4.69) is 32.1 Å². The van der Waals surface area contributed by atoms with Crippen LogP contribution in [0.3, 0.4) is 0 Å². The fraction of sp³-hybridized carbons (Fsp3) is 0.857. The van der Waals surface area contributed by atoms with Crippen LogP contribution in [-0.2, 0) is 4.79 Å². The predicted octanol–water partition coefficient (Wildman–Crippen LogP) is -0.755. The maximum Gasteiger partial charge on any atom is 0.321 e. The smallest absolute Gasteiger partial charge is 0.321 e. The Kier molecular flexibility index (Phi) is 2.31. The van der Waals surface area contributed by atoms with Gasteiger partial charge in [0.15, 0.2) is 0 Å². The van der Waals surface area contributed by atoms with Crippen molar-refractivity contribution in [1.82, 2.24) is 16.2 Å². The Bertz CT molecular complexity index is 238. The molecule has 5 atom stereocenters. The number of hydrogen-bond acceptors (Lipinski definition) is 4. The number of fused-ring (bicyclic) bond motifs is 1. The van der Waals surface area contributed by atoms with E-state index in [-0.39, 0.29) is 23.0 Å². The first-order chi connectivity index (χ1) is 6.11. The number of hydrogen-bond donors (Lipinski definition) is 4. The number of aliphatic carboxylic acids is 1. The first-order valence-corrected chi connectivity index (χ1v) is 5.17. The molecular weight excluding hydrogens is 238 g/mol. The minimum Gasteiger partial charge on any atom is -0.480 e. The molecule has 13 heavy (non-hydrogen) atoms. The lowest BCUT2D eigenvalue weighted by Gasteiger charge is -2.16. The molecule has 6 heteroatoms. The standard InChI is InChI=1S/C7H12BrN3O2/c1-2-3-4(8)5(7(12)13)9-6(3)11-10-2/h2-6,9-11H,1H3,(H,12,13). The Hall–Kier alpha value is -0.170. The van der Waals surface area contributed by atoms with Gasteiger partial charge in [-0.1, -0.05) is 15.9 Å². The fourth-order valence-corrected chi connectivity index (χ4v) is 3.17. The van der Waals surface area contributed by atoms with Crippen LogP contribution in [0, 0.1) is 5.92 Å². The van der Waals surface area contributed by atoms with Crippen LogP contribution in [0.5, 0.6) is 0 Å².